The first-order valence-corrected chi connectivity index (χ1v) is 7.79. The predicted molar refractivity (Wildman–Crippen MR) is 69.0 cm³/mol. The lowest BCUT2D eigenvalue weighted by molar-refractivity contribution is 0.0690. The maximum atomic E-state index is 12.3. The largest absolute Gasteiger partial charge is 0.478 e. The molecule has 1 aliphatic rings. The molecule has 0 aromatic heterocycles. The van der Waals surface area contributed by atoms with Crippen molar-refractivity contribution < 1.29 is 23.1 Å². The van der Waals surface area contributed by atoms with Crippen LogP contribution in [0.4, 0.5) is 0 Å². The Hall–Kier alpha value is -1.40. The van der Waals surface area contributed by atoms with E-state index in [1.54, 1.807) is 6.07 Å². The summed E-state index contributed by atoms with van der Waals surface area (Å²) < 4.78 is 29.8. The van der Waals surface area contributed by atoms with E-state index in [0.717, 1.165) is 0 Å². The monoisotopic (exact) mass is 284 g/mol. The average Bonchev–Trinajstić information content (AvgIpc) is 2.39. The van der Waals surface area contributed by atoms with Crippen molar-refractivity contribution in [1.82, 2.24) is 0 Å². The van der Waals surface area contributed by atoms with Crippen LogP contribution < -0.4 is 0 Å². The topological polar surface area (TPSA) is 80.7 Å². The second kappa shape index (κ2) is 5.71. The quantitative estimate of drug-likeness (QED) is 0.908. The van der Waals surface area contributed by atoms with Gasteiger partial charge in [-0.25, -0.2) is 13.2 Å². The molecule has 1 fully saturated rings. The Morgan fingerprint density at radius 3 is 2.53 bits per heavy atom. The molecule has 0 saturated carbocycles. The van der Waals surface area contributed by atoms with Crippen LogP contribution in [0.3, 0.4) is 0 Å². The first-order valence-electron chi connectivity index (χ1n) is 6.13. The van der Waals surface area contributed by atoms with Gasteiger partial charge in [0, 0.05) is 13.2 Å². The minimum Gasteiger partial charge on any atom is -0.478 e. The first kappa shape index (κ1) is 14.0. The number of ether oxygens (including phenoxy) is 1. The normalized spacial score (nSPS) is 17.3. The van der Waals surface area contributed by atoms with Crippen LogP contribution in [-0.4, -0.2) is 38.5 Å². The summed E-state index contributed by atoms with van der Waals surface area (Å²) in [6.45, 7) is 1.14. The summed E-state index contributed by atoms with van der Waals surface area (Å²) in [6.07, 6.45) is 1.41. The molecule has 5 nitrogen and oxygen atoms in total. The highest BCUT2D eigenvalue weighted by Gasteiger charge is 2.26. The summed E-state index contributed by atoms with van der Waals surface area (Å²) in [5.74, 6) is -1.19. The van der Waals surface area contributed by atoms with Crippen LogP contribution in [0.5, 0.6) is 0 Å². The van der Waals surface area contributed by atoms with Gasteiger partial charge < -0.3 is 9.84 Å². The number of carbonyl (C=O) groups is 1. The molecule has 0 spiro atoms. The molecule has 0 radical (unpaired) electrons. The highest BCUT2D eigenvalue weighted by atomic mass is 32.2. The van der Waals surface area contributed by atoms with Gasteiger partial charge in [0.25, 0.3) is 0 Å². The zero-order valence-electron chi connectivity index (χ0n) is 10.4. The molecule has 1 aliphatic heterocycles. The molecule has 0 aliphatic carbocycles. The molecule has 1 saturated heterocycles. The SMILES string of the molecule is O=C(O)c1ccccc1S(=O)(=O)CC1CCOCC1. The molecule has 1 N–H and O–H groups in total. The average molecular weight is 284 g/mol. The van der Waals surface area contributed by atoms with Gasteiger partial charge in [-0.3, -0.25) is 0 Å². The summed E-state index contributed by atoms with van der Waals surface area (Å²) in [4.78, 5) is 11.0. The van der Waals surface area contributed by atoms with Gasteiger partial charge in [-0.05, 0) is 30.9 Å². The van der Waals surface area contributed by atoms with E-state index in [1.165, 1.54) is 18.2 Å². The minimum absolute atomic E-state index is 0.0132. The third-order valence-electron chi connectivity index (χ3n) is 3.25. The fourth-order valence-corrected chi connectivity index (χ4v) is 4.14. The van der Waals surface area contributed by atoms with Crippen molar-refractivity contribution in [1.29, 1.82) is 0 Å². The Kier molecular flexibility index (Phi) is 4.21. The molecule has 0 unspecified atom stereocenters. The van der Waals surface area contributed by atoms with E-state index < -0.39 is 15.8 Å². The number of hydrogen-bond acceptors (Lipinski definition) is 4. The number of carboxylic acids is 1. The number of aromatic carboxylic acids is 1. The van der Waals surface area contributed by atoms with Gasteiger partial charge in [0.05, 0.1) is 16.2 Å². The molecule has 1 aromatic rings. The molecule has 1 aromatic carbocycles. The highest BCUT2D eigenvalue weighted by Crippen LogP contribution is 2.23. The van der Waals surface area contributed by atoms with Crippen molar-refractivity contribution in [3.63, 3.8) is 0 Å². The Morgan fingerprint density at radius 2 is 1.89 bits per heavy atom. The minimum atomic E-state index is -3.57. The van der Waals surface area contributed by atoms with E-state index in [9.17, 15) is 13.2 Å². The Balaban J connectivity index is 2.26. The fourth-order valence-electron chi connectivity index (χ4n) is 2.23. The van der Waals surface area contributed by atoms with Crippen LogP contribution in [0.15, 0.2) is 29.2 Å². The number of rotatable bonds is 4. The van der Waals surface area contributed by atoms with E-state index in [0.29, 0.717) is 26.1 Å². The molecule has 104 valence electrons. The van der Waals surface area contributed by atoms with E-state index in [2.05, 4.69) is 0 Å². The van der Waals surface area contributed by atoms with Gasteiger partial charge in [0.15, 0.2) is 9.84 Å². The molecule has 6 heteroatoms. The van der Waals surface area contributed by atoms with Crippen LogP contribution >= 0.6 is 0 Å². The molecule has 0 atom stereocenters. The van der Waals surface area contributed by atoms with E-state index >= 15 is 0 Å². The Bertz CT molecular complexity index is 558. The molecule has 19 heavy (non-hydrogen) atoms. The van der Waals surface area contributed by atoms with Crippen LogP contribution in [-0.2, 0) is 14.6 Å². The lowest BCUT2D eigenvalue weighted by Crippen LogP contribution is -2.24. The maximum absolute atomic E-state index is 12.3. The zero-order valence-corrected chi connectivity index (χ0v) is 11.2. The Labute approximate surface area is 112 Å². The smallest absolute Gasteiger partial charge is 0.337 e. The van der Waals surface area contributed by atoms with E-state index in [1.807, 2.05) is 0 Å². The number of benzene rings is 1. The third kappa shape index (κ3) is 3.33. The van der Waals surface area contributed by atoms with Crippen molar-refractivity contribution in [2.24, 2.45) is 5.92 Å². The summed E-state index contributed by atoms with van der Waals surface area (Å²) in [5, 5.41) is 9.05. The van der Waals surface area contributed by atoms with Crippen molar-refractivity contribution >= 4 is 15.8 Å². The summed E-state index contributed by atoms with van der Waals surface area (Å²) in [6, 6.07) is 5.75. The van der Waals surface area contributed by atoms with E-state index in [-0.39, 0.29) is 22.1 Å². The van der Waals surface area contributed by atoms with Crippen molar-refractivity contribution in [2.75, 3.05) is 19.0 Å². The molecular formula is C13H16O5S. The third-order valence-corrected chi connectivity index (χ3v) is 5.18. The van der Waals surface area contributed by atoms with Gasteiger partial charge in [0.2, 0.25) is 0 Å². The number of hydrogen-bond donors (Lipinski definition) is 1. The van der Waals surface area contributed by atoms with Crippen LogP contribution in [0, 0.1) is 5.92 Å². The zero-order chi connectivity index (χ0) is 13.9. The van der Waals surface area contributed by atoms with Crippen LogP contribution in [0.25, 0.3) is 0 Å². The van der Waals surface area contributed by atoms with Crippen molar-refractivity contribution in [3.8, 4) is 0 Å². The van der Waals surface area contributed by atoms with Crippen LogP contribution in [0.1, 0.15) is 23.2 Å². The van der Waals surface area contributed by atoms with Gasteiger partial charge in [-0.15, -0.1) is 0 Å². The molecule has 2 rings (SSSR count). The summed E-state index contributed by atoms with van der Waals surface area (Å²) in [5.41, 5.74) is -0.158. The molecule has 0 amide bonds. The summed E-state index contributed by atoms with van der Waals surface area (Å²) >= 11 is 0. The molecular weight excluding hydrogens is 268 g/mol. The lowest BCUT2D eigenvalue weighted by atomic mass is 10.0. The predicted octanol–water partition coefficient (Wildman–Crippen LogP) is 1.59. The second-order valence-corrected chi connectivity index (χ2v) is 6.64. The van der Waals surface area contributed by atoms with Crippen molar-refractivity contribution in [2.45, 2.75) is 17.7 Å². The summed E-state index contributed by atoms with van der Waals surface area (Å²) in [7, 11) is -3.57. The second-order valence-electron chi connectivity index (χ2n) is 4.64. The van der Waals surface area contributed by atoms with E-state index in [4.69, 9.17) is 9.84 Å². The molecule has 0 bridgehead atoms. The Morgan fingerprint density at radius 1 is 1.26 bits per heavy atom. The van der Waals surface area contributed by atoms with Gasteiger partial charge >= 0.3 is 5.97 Å². The maximum Gasteiger partial charge on any atom is 0.337 e. The van der Waals surface area contributed by atoms with Gasteiger partial charge in [-0.1, -0.05) is 12.1 Å². The van der Waals surface area contributed by atoms with Crippen molar-refractivity contribution in [3.05, 3.63) is 29.8 Å². The van der Waals surface area contributed by atoms with Gasteiger partial charge in [-0.2, -0.15) is 0 Å². The molecule has 1 heterocycles. The van der Waals surface area contributed by atoms with Crippen LogP contribution in [0.2, 0.25) is 0 Å². The van der Waals surface area contributed by atoms with Gasteiger partial charge in [0.1, 0.15) is 0 Å². The lowest BCUT2D eigenvalue weighted by Gasteiger charge is -2.22. The first-order chi connectivity index (χ1) is 9.00. The standard InChI is InChI=1S/C13H16O5S/c14-13(15)11-3-1-2-4-12(11)19(16,17)9-10-5-7-18-8-6-10/h1-4,10H,5-9H2,(H,14,15). The fraction of sp³-hybridized carbons (Fsp3) is 0.462. The number of carboxylic acid groups (broad SMARTS) is 1. The highest BCUT2D eigenvalue weighted by molar-refractivity contribution is 7.91. The number of sulfone groups is 1.